The Morgan fingerprint density at radius 2 is 2.13 bits per heavy atom. The quantitative estimate of drug-likeness (QED) is 0.760. The molecule has 5 heteroatoms. The van der Waals surface area contributed by atoms with Crippen molar-refractivity contribution in [3.8, 4) is 0 Å². The molecule has 0 radical (unpaired) electrons. The first-order chi connectivity index (χ1) is 7.09. The van der Waals surface area contributed by atoms with Crippen molar-refractivity contribution in [1.29, 1.82) is 0 Å². The van der Waals surface area contributed by atoms with E-state index in [1.165, 1.54) is 12.1 Å². The topological polar surface area (TPSA) is 50.2 Å². The second-order valence-corrected chi connectivity index (χ2v) is 3.32. The molecule has 1 aromatic carbocycles. The number of halogens is 2. The van der Waals surface area contributed by atoms with Crippen LogP contribution in [0.5, 0.6) is 0 Å². The second-order valence-electron chi connectivity index (χ2n) is 2.96. The summed E-state index contributed by atoms with van der Waals surface area (Å²) in [5.74, 6) is -1.66. The molecule has 3 nitrogen and oxygen atoms in total. The first-order valence-electron chi connectivity index (χ1n) is 4.06. The summed E-state index contributed by atoms with van der Waals surface area (Å²) >= 11 is 5.76. The Balaban J connectivity index is 2.90. The number of nitrogens with zero attached hydrogens (tertiary/aromatic N) is 1. The highest BCUT2D eigenvalue weighted by Crippen LogP contribution is 2.25. The van der Waals surface area contributed by atoms with Gasteiger partial charge in [0, 0.05) is 17.0 Å². The largest absolute Gasteiger partial charge is 0.478 e. The average molecular weight is 226 g/mol. The number of carbonyl (C=O) groups is 1. The van der Waals surface area contributed by atoms with Crippen LogP contribution in [0, 0.1) is 5.82 Å². The predicted molar refractivity (Wildman–Crippen MR) is 53.7 cm³/mol. The Labute approximate surface area is 89.1 Å². The van der Waals surface area contributed by atoms with Crippen LogP contribution < -0.4 is 0 Å². The van der Waals surface area contributed by atoms with Gasteiger partial charge >= 0.3 is 5.97 Å². The Morgan fingerprint density at radius 1 is 1.40 bits per heavy atom. The molecular formula is C10H5ClFNO2. The SMILES string of the molecule is O=C(O)c1cnc(Cl)c2ccc(F)cc12. The van der Waals surface area contributed by atoms with Crippen LogP contribution in [0.3, 0.4) is 0 Å². The van der Waals surface area contributed by atoms with Gasteiger partial charge in [0.05, 0.1) is 5.56 Å². The third-order valence-electron chi connectivity index (χ3n) is 2.03. The summed E-state index contributed by atoms with van der Waals surface area (Å²) in [4.78, 5) is 14.6. The van der Waals surface area contributed by atoms with Crippen LogP contribution in [0.4, 0.5) is 4.39 Å². The predicted octanol–water partition coefficient (Wildman–Crippen LogP) is 2.73. The van der Waals surface area contributed by atoms with Gasteiger partial charge in [0.15, 0.2) is 0 Å². The highest BCUT2D eigenvalue weighted by molar-refractivity contribution is 6.34. The number of pyridine rings is 1. The van der Waals surface area contributed by atoms with Crippen LogP contribution >= 0.6 is 11.6 Å². The smallest absolute Gasteiger partial charge is 0.337 e. The van der Waals surface area contributed by atoms with Gasteiger partial charge in [-0.2, -0.15) is 0 Å². The molecule has 1 N–H and O–H groups in total. The minimum absolute atomic E-state index is 0.0612. The van der Waals surface area contributed by atoms with E-state index in [2.05, 4.69) is 4.98 Å². The van der Waals surface area contributed by atoms with Gasteiger partial charge in [-0.3, -0.25) is 0 Å². The van der Waals surface area contributed by atoms with Gasteiger partial charge in [-0.15, -0.1) is 0 Å². The standard InChI is InChI=1S/C10H5ClFNO2/c11-9-6-2-1-5(12)3-7(6)8(4-13-9)10(14)15/h1-4H,(H,14,15). The number of aromatic nitrogens is 1. The maximum Gasteiger partial charge on any atom is 0.337 e. The lowest BCUT2D eigenvalue weighted by Crippen LogP contribution is -1.99. The molecule has 0 atom stereocenters. The Bertz CT molecular complexity index is 556. The van der Waals surface area contributed by atoms with Crippen molar-refractivity contribution in [2.75, 3.05) is 0 Å². The van der Waals surface area contributed by atoms with E-state index < -0.39 is 11.8 Å². The van der Waals surface area contributed by atoms with Crippen molar-refractivity contribution in [3.05, 3.63) is 40.9 Å². The molecule has 0 amide bonds. The fourth-order valence-electron chi connectivity index (χ4n) is 1.35. The summed E-state index contributed by atoms with van der Waals surface area (Å²) in [7, 11) is 0. The first kappa shape index (κ1) is 9.86. The number of hydrogen-bond donors (Lipinski definition) is 1. The van der Waals surface area contributed by atoms with E-state index in [4.69, 9.17) is 16.7 Å². The van der Waals surface area contributed by atoms with Crippen molar-refractivity contribution in [2.45, 2.75) is 0 Å². The molecule has 2 aromatic rings. The van der Waals surface area contributed by atoms with Gasteiger partial charge in [0.25, 0.3) is 0 Å². The zero-order chi connectivity index (χ0) is 11.0. The zero-order valence-corrected chi connectivity index (χ0v) is 8.12. The molecule has 2 rings (SSSR count). The molecule has 0 aliphatic carbocycles. The molecule has 1 aromatic heterocycles. The van der Waals surface area contributed by atoms with E-state index in [1.807, 2.05) is 0 Å². The fraction of sp³-hybridized carbons (Fsp3) is 0. The molecule has 0 aliphatic rings. The fourth-order valence-corrected chi connectivity index (χ4v) is 1.56. The van der Waals surface area contributed by atoms with E-state index in [-0.39, 0.29) is 16.1 Å². The lowest BCUT2D eigenvalue weighted by Gasteiger charge is -2.03. The Kier molecular flexibility index (Phi) is 2.28. The highest BCUT2D eigenvalue weighted by Gasteiger charge is 2.12. The number of rotatable bonds is 1. The molecule has 0 fully saturated rings. The van der Waals surface area contributed by atoms with Crippen LogP contribution in [-0.2, 0) is 0 Å². The van der Waals surface area contributed by atoms with Crippen molar-refractivity contribution < 1.29 is 14.3 Å². The first-order valence-corrected chi connectivity index (χ1v) is 4.44. The third kappa shape index (κ3) is 1.64. The maximum absolute atomic E-state index is 13.0. The van der Waals surface area contributed by atoms with Crippen molar-refractivity contribution >= 4 is 28.3 Å². The summed E-state index contributed by atoms with van der Waals surface area (Å²) in [5.41, 5.74) is -0.0612. The van der Waals surface area contributed by atoms with E-state index in [0.717, 1.165) is 12.3 Å². The highest BCUT2D eigenvalue weighted by atomic mass is 35.5. The van der Waals surface area contributed by atoms with Crippen LogP contribution in [0.15, 0.2) is 24.4 Å². The number of aromatic carboxylic acids is 1. The summed E-state index contributed by atoms with van der Waals surface area (Å²) in [6.45, 7) is 0. The molecule has 0 aliphatic heterocycles. The summed E-state index contributed by atoms with van der Waals surface area (Å²) in [5, 5.41) is 9.70. The molecule has 15 heavy (non-hydrogen) atoms. The maximum atomic E-state index is 13.0. The van der Waals surface area contributed by atoms with Crippen molar-refractivity contribution in [3.63, 3.8) is 0 Å². The van der Waals surface area contributed by atoms with Gasteiger partial charge in [-0.05, 0) is 18.2 Å². The van der Waals surface area contributed by atoms with Gasteiger partial charge in [-0.1, -0.05) is 11.6 Å². The minimum Gasteiger partial charge on any atom is -0.478 e. The zero-order valence-electron chi connectivity index (χ0n) is 7.37. The molecule has 1 heterocycles. The summed E-state index contributed by atoms with van der Waals surface area (Å²) < 4.78 is 13.0. The van der Waals surface area contributed by atoms with Crippen LogP contribution in [-0.4, -0.2) is 16.1 Å². The molecule has 0 saturated heterocycles. The normalized spacial score (nSPS) is 10.5. The number of benzene rings is 1. The van der Waals surface area contributed by atoms with E-state index in [9.17, 15) is 9.18 Å². The van der Waals surface area contributed by atoms with E-state index in [0.29, 0.717) is 5.39 Å². The lowest BCUT2D eigenvalue weighted by molar-refractivity contribution is 0.0698. The molecule has 0 spiro atoms. The number of hydrogen-bond acceptors (Lipinski definition) is 2. The van der Waals surface area contributed by atoms with Gasteiger partial charge in [0.1, 0.15) is 11.0 Å². The van der Waals surface area contributed by atoms with E-state index >= 15 is 0 Å². The van der Waals surface area contributed by atoms with Crippen LogP contribution in [0.25, 0.3) is 10.8 Å². The molecule has 0 saturated carbocycles. The van der Waals surface area contributed by atoms with Gasteiger partial charge < -0.3 is 5.11 Å². The van der Waals surface area contributed by atoms with Gasteiger partial charge in [-0.25, -0.2) is 14.2 Å². The number of fused-ring (bicyclic) bond motifs is 1. The monoisotopic (exact) mass is 225 g/mol. The van der Waals surface area contributed by atoms with Crippen molar-refractivity contribution in [1.82, 2.24) is 4.98 Å². The molecule has 0 bridgehead atoms. The second kappa shape index (κ2) is 3.47. The molecule has 76 valence electrons. The van der Waals surface area contributed by atoms with Crippen molar-refractivity contribution in [2.24, 2.45) is 0 Å². The molecule has 0 unspecified atom stereocenters. The summed E-state index contributed by atoms with van der Waals surface area (Å²) in [6, 6.07) is 3.75. The number of carboxylic acids is 1. The van der Waals surface area contributed by atoms with E-state index in [1.54, 1.807) is 0 Å². The lowest BCUT2D eigenvalue weighted by atomic mass is 10.1. The average Bonchev–Trinajstić information content (AvgIpc) is 2.17. The molecular weight excluding hydrogens is 221 g/mol. The van der Waals surface area contributed by atoms with Crippen LogP contribution in [0.1, 0.15) is 10.4 Å². The summed E-state index contributed by atoms with van der Waals surface area (Å²) in [6.07, 6.45) is 1.12. The minimum atomic E-state index is -1.16. The third-order valence-corrected chi connectivity index (χ3v) is 2.33. The Hall–Kier alpha value is -1.68. The van der Waals surface area contributed by atoms with Gasteiger partial charge in [0.2, 0.25) is 0 Å². The number of carboxylic acid groups (broad SMARTS) is 1. The Morgan fingerprint density at radius 3 is 2.80 bits per heavy atom. The van der Waals surface area contributed by atoms with Crippen LogP contribution in [0.2, 0.25) is 5.15 Å².